The summed E-state index contributed by atoms with van der Waals surface area (Å²) in [5.41, 5.74) is 8.78. The molecule has 0 amide bonds. The fourth-order valence-corrected chi connectivity index (χ4v) is 3.69. The van der Waals surface area contributed by atoms with Crippen molar-refractivity contribution >= 4 is 0 Å². The Balaban J connectivity index is 2.17. The summed E-state index contributed by atoms with van der Waals surface area (Å²) in [7, 11) is 0. The van der Waals surface area contributed by atoms with Gasteiger partial charge in [-0.2, -0.15) is 5.10 Å². The Kier molecular flexibility index (Phi) is 5.08. The Labute approximate surface area is 151 Å². The highest BCUT2D eigenvalue weighted by molar-refractivity contribution is 5.69. The van der Waals surface area contributed by atoms with Crippen LogP contribution in [0.4, 0.5) is 0 Å². The molecule has 1 heterocycles. The lowest BCUT2D eigenvalue weighted by Gasteiger charge is -2.19. The van der Waals surface area contributed by atoms with E-state index in [2.05, 4.69) is 81.5 Å². The van der Waals surface area contributed by atoms with Crippen molar-refractivity contribution in [3.63, 3.8) is 0 Å². The average Bonchev–Trinajstić information content (AvgIpc) is 3.01. The van der Waals surface area contributed by atoms with Gasteiger partial charge in [-0.3, -0.25) is 0 Å². The second kappa shape index (κ2) is 7.26. The predicted molar refractivity (Wildman–Crippen MR) is 107 cm³/mol. The number of aryl methyl sites for hydroxylation is 3. The van der Waals surface area contributed by atoms with Crippen molar-refractivity contribution in [2.75, 3.05) is 0 Å². The minimum atomic E-state index is 0.563. The predicted octanol–water partition coefficient (Wildman–Crippen LogP) is 6.37. The minimum absolute atomic E-state index is 0.563. The zero-order valence-corrected chi connectivity index (χ0v) is 16.0. The van der Waals surface area contributed by atoms with E-state index in [4.69, 9.17) is 0 Å². The van der Waals surface area contributed by atoms with E-state index in [1.54, 1.807) is 0 Å². The molecule has 130 valence electrons. The average molecular weight is 332 g/mol. The van der Waals surface area contributed by atoms with Gasteiger partial charge in [-0.25, -0.2) is 4.68 Å². The van der Waals surface area contributed by atoms with Crippen molar-refractivity contribution < 1.29 is 0 Å². The standard InChI is InChI=1S/C23H28N2/c1-6-19(7-2)22-9-8-20(21-13-16(3)12-17(4)14-21)15-23(22)25-11-10-18(5)24-25/h8-15,19H,6-7H2,1-5H3. The van der Waals surface area contributed by atoms with Crippen LogP contribution in [0.5, 0.6) is 0 Å². The second-order valence-electron chi connectivity index (χ2n) is 7.07. The van der Waals surface area contributed by atoms with Crippen LogP contribution in [0.25, 0.3) is 16.8 Å². The van der Waals surface area contributed by atoms with Crippen LogP contribution in [-0.2, 0) is 0 Å². The Morgan fingerprint density at radius 3 is 2.08 bits per heavy atom. The van der Waals surface area contributed by atoms with Crippen molar-refractivity contribution in [2.24, 2.45) is 0 Å². The lowest BCUT2D eigenvalue weighted by atomic mass is 9.90. The van der Waals surface area contributed by atoms with Crippen molar-refractivity contribution in [2.45, 2.75) is 53.4 Å². The van der Waals surface area contributed by atoms with E-state index in [-0.39, 0.29) is 0 Å². The lowest BCUT2D eigenvalue weighted by molar-refractivity contribution is 0.634. The first-order chi connectivity index (χ1) is 12.0. The molecule has 0 fully saturated rings. The SMILES string of the molecule is CCC(CC)c1ccc(-c2cc(C)cc(C)c2)cc1-n1ccc(C)n1. The van der Waals surface area contributed by atoms with Gasteiger partial charge in [0.05, 0.1) is 11.4 Å². The molecule has 25 heavy (non-hydrogen) atoms. The van der Waals surface area contributed by atoms with Crippen LogP contribution in [0.1, 0.15) is 55.0 Å². The van der Waals surface area contributed by atoms with Gasteiger partial charge in [0.1, 0.15) is 0 Å². The third-order valence-electron chi connectivity index (χ3n) is 4.98. The molecule has 0 aliphatic carbocycles. The molecule has 3 rings (SSSR count). The number of aromatic nitrogens is 2. The molecule has 0 saturated heterocycles. The molecular weight excluding hydrogens is 304 g/mol. The summed E-state index contributed by atoms with van der Waals surface area (Å²) in [5.74, 6) is 0.563. The number of hydrogen-bond donors (Lipinski definition) is 0. The Bertz CT molecular complexity index is 849. The molecule has 3 aromatic rings. The number of rotatable bonds is 5. The molecule has 0 unspecified atom stereocenters. The summed E-state index contributed by atoms with van der Waals surface area (Å²) in [5, 5.41) is 4.68. The molecule has 0 atom stereocenters. The summed E-state index contributed by atoms with van der Waals surface area (Å²) >= 11 is 0. The third-order valence-corrected chi connectivity index (χ3v) is 4.98. The van der Waals surface area contributed by atoms with E-state index in [1.165, 1.54) is 33.5 Å². The first kappa shape index (κ1) is 17.5. The molecule has 0 saturated carbocycles. The van der Waals surface area contributed by atoms with Gasteiger partial charge >= 0.3 is 0 Å². The van der Waals surface area contributed by atoms with Crippen molar-refractivity contribution in [3.8, 4) is 16.8 Å². The summed E-state index contributed by atoms with van der Waals surface area (Å²) in [6.07, 6.45) is 4.36. The van der Waals surface area contributed by atoms with Gasteiger partial charge in [0.2, 0.25) is 0 Å². The first-order valence-electron chi connectivity index (χ1n) is 9.27. The van der Waals surface area contributed by atoms with Crippen LogP contribution in [0, 0.1) is 20.8 Å². The van der Waals surface area contributed by atoms with Crippen molar-refractivity contribution in [3.05, 3.63) is 71.0 Å². The van der Waals surface area contributed by atoms with Gasteiger partial charge in [-0.05, 0) is 68.4 Å². The van der Waals surface area contributed by atoms with Gasteiger partial charge in [0.15, 0.2) is 0 Å². The monoisotopic (exact) mass is 332 g/mol. The quantitative estimate of drug-likeness (QED) is 0.531. The number of benzene rings is 2. The van der Waals surface area contributed by atoms with Crippen LogP contribution in [-0.4, -0.2) is 9.78 Å². The van der Waals surface area contributed by atoms with Gasteiger partial charge in [0.25, 0.3) is 0 Å². The van der Waals surface area contributed by atoms with Gasteiger partial charge < -0.3 is 0 Å². The highest BCUT2D eigenvalue weighted by Gasteiger charge is 2.15. The third kappa shape index (κ3) is 3.68. The second-order valence-corrected chi connectivity index (χ2v) is 7.07. The van der Waals surface area contributed by atoms with E-state index in [0.29, 0.717) is 5.92 Å². The van der Waals surface area contributed by atoms with Crippen LogP contribution in [0.15, 0.2) is 48.7 Å². The summed E-state index contributed by atoms with van der Waals surface area (Å²) in [6.45, 7) is 10.9. The lowest BCUT2D eigenvalue weighted by Crippen LogP contribution is -2.05. The van der Waals surface area contributed by atoms with Crippen LogP contribution >= 0.6 is 0 Å². The summed E-state index contributed by atoms with van der Waals surface area (Å²) in [6, 6.07) is 15.7. The Hall–Kier alpha value is -2.35. The molecule has 2 nitrogen and oxygen atoms in total. The normalized spacial score (nSPS) is 11.3. The molecule has 1 aromatic heterocycles. The van der Waals surface area contributed by atoms with Crippen molar-refractivity contribution in [1.82, 2.24) is 9.78 Å². The molecule has 0 bridgehead atoms. The molecular formula is C23H28N2. The smallest absolute Gasteiger partial charge is 0.0686 e. The zero-order chi connectivity index (χ0) is 18.0. The molecule has 0 aliphatic rings. The topological polar surface area (TPSA) is 17.8 Å². The van der Waals surface area contributed by atoms with Crippen molar-refractivity contribution in [1.29, 1.82) is 0 Å². The first-order valence-corrected chi connectivity index (χ1v) is 9.27. The fourth-order valence-electron chi connectivity index (χ4n) is 3.69. The van der Waals surface area contributed by atoms with E-state index < -0.39 is 0 Å². The molecule has 2 heteroatoms. The highest BCUT2D eigenvalue weighted by atomic mass is 15.3. The number of nitrogens with zero attached hydrogens (tertiary/aromatic N) is 2. The van der Waals surface area contributed by atoms with Gasteiger partial charge in [-0.1, -0.05) is 55.3 Å². The summed E-state index contributed by atoms with van der Waals surface area (Å²) in [4.78, 5) is 0. The van der Waals surface area contributed by atoms with Crippen LogP contribution in [0.3, 0.4) is 0 Å². The van der Waals surface area contributed by atoms with E-state index in [1.807, 2.05) is 11.6 Å². The molecule has 0 spiro atoms. The van der Waals surface area contributed by atoms with Crippen LogP contribution in [0.2, 0.25) is 0 Å². The maximum absolute atomic E-state index is 4.68. The highest BCUT2D eigenvalue weighted by Crippen LogP contribution is 2.33. The minimum Gasteiger partial charge on any atom is -0.240 e. The maximum Gasteiger partial charge on any atom is 0.0686 e. The maximum atomic E-state index is 4.68. The molecule has 0 N–H and O–H groups in total. The van der Waals surface area contributed by atoms with Crippen LogP contribution < -0.4 is 0 Å². The molecule has 2 aromatic carbocycles. The zero-order valence-electron chi connectivity index (χ0n) is 16.0. The molecule has 0 radical (unpaired) electrons. The van der Waals surface area contributed by atoms with Gasteiger partial charge in [-0.15, -0.1) is 0 Å². The van der Waals surface area contributed by atoms with Gasteiger partial charge in [0, 0.05) is 6.20 Å². The van der Waals surface area contributed by atoms with E-state index in [9.17, 15) is 0 Å². The fraction of sp³-hybridized carbons (Fsp3) is 0.348. The number of hydrogen-bond acceptors (Lipinski definition) is 1. The Morgan fingerprint density at radius 1 is 0.840 bits per heavy atom. The summed E-state index contributed by atoms with van der Waals surface area (Å²) < 4.78 is 2.04. The molecule has 0 aliphatic heterocycles. The van der Waals surface area contributed by atoms with E-state index in [0.717, 1.165) is 18.5 Å². The Morgan fingerprint density at radius 2 is 1.52 bits per heavy atom. The van der Waals surface area contributed by atoms with E-state index >= 15 is 0 Å². The largest absolute Gasteiger partial charge is 0.240 e.